The number of nitrogens with one attached hydrogen (secondary N) is 1. The van der Waals surface area contributed by atoms with Crippen LogP contribution >= 0.6 is 0 Å². The van der Waals surface area contributed by atoms with Crippen LogP contribution < -0.4 is 5.32 Å². The van der Waals surface area contributed by atoms with E-state index in [4.69, 9.17) is 0 Å². The van der Waals surface area contributed by atoms with Crippen LogP contribution in [0.15, 0.2) is 72.8 Å². The van der Waals surface area contributed by atoms with E-state index in [1.165, 1.54) is 27.8 Å². The summed E-state index contributed by atoms with van der Waals surface area (Å²) < 4.78 is 0. The second-order valence-corrected chi connectivity index (χ2v) is 7.13. The summed E-state index contributed by atoms with van der Waals surface area (Å²) in [5.41, 5.74) is 7.27. The molecule has 0 saturated heterocycles. The third kappa shape index (κ3) is 3.79. The lowest BCUT2D eigenvalue weighted by Gasteiger charge is -2.29. The van der Waals surface area contributed by atoms with Crippen molar-refractivity contribution in [2.24, 2.45) is 0 Å². The molecule has 3 aromatic carbocycles. The molecule has 136 valence electrons. The number of nitrogens with zero attached hydrogens (tertiary/aromatic N) is 1. The van der Waals surface area contributed by atoms with Crippen molar-refractivity contribution in [2.75, 3.05) is 13.6 Å². The molecule has 0 spiro atoms. The summed E-state index contributed by atoms with van der Waals surface area (Å²) in [6.07, 6.45) is 1.04. The highest BCUT2D eigenvalue weighted by atomic mass is 16.1. The number of likely N-dealkylation sites (N-methyl/N-ethyl adjacent to an activating group) is 1. The van der Waals surface area contributed by atoms with Gasteiger partial charge in [-0.15, -0.1) is 0 Å². The van der Waals surface area contributed by atoms with Crippen molar-refractivity contribution in [3.63, 3.8) is 0 Å². The van der Waals surface area contributed by atoms with E-state index >= 15 is 0 Å². The van der Waals surface area contributed by atoms with Gasteiger partial charge in [0, 0.05) is 25.2 Å². The van der Waals surface area contributed by atoms with E-state index in [0.29, 0.717) is 12.1 Å². The molecule has 1 aliphatic heterocycles. The molecule has 1 heterocycles. The Morgan fingerprint density at radius 2 is 1.63 bits per heavy atom. The van der Waals surface area contributed by atoms with Gasteiger partial charge in [-0.3, -0.25) is 4.79 Å². The molecule has 0 radical (unpaired) electrons. The molecule has 3 aromatic rings. The van der Waals surface area contributed by atoms with E-state index in [1.54, 1.807) is 0 Å². The van der Waals surface area contributed by atoms with Crippen LogP contribution in [0.25, 0.3) is 11.1 Å². The molecule has 27 heavy (non-hydrogen) atoms. The first-order chi connectivity index (χ1) is 13.2. The summed E-state index contributed by atoms with van der Waals surface area (Å²) in [7, 11) is 2.16. The van der Waals surface area contributed by atoms with Crippen LogP contribution in [0.3, 0.4) is 0 Å². The maximum Gasteiger partial charge on any atom is 0.251 e. The molecule has 1 N–H and O–H groups in total. The minimum absolute atomic E-state index is 0.0272. The van der Waals surface area contributed by atoms with Gasteiger partial charge in [0.05, 0.1) is 0 Å². The third-order valence-corrected chi connectivity index (χ3v) is 5.26. The van der Waals surface area contributed by atoms with E-state index in [9.17, 15) is 4.79 Å². The van der Waals surface area contributed by atoms with Gasteiger partial charge in [0.25, 0.3) is 5.91 Å². The summed E-state index contributed by atoms with van der Waals surface area (Å²) in [5, 5.41) is 3.08. The Kier molecular flexibility index (Phi) is 5.03. The minimum Gasteiger partial charge on any atom is -0.348 e. The van der Waals surface area contributed by atoms with Crippen LogP contribution in [0.1, 0.15) is 27.0 Å². The lowest BCUT2D eigenvalue weighted by molar-refractivity contribution is 0.0950. The van der Waals surface area contributed by atoms with Gasteiger partial charge in [0.2, 0.25) is 0 Å². The van der Waals surface area contributed by atoms with Crippen LogP contribution in [-0.4, -0.2) is 24.4 Å². The molecule has 0 atom stereocenters. The van der Waals surface area contributed by atoms with Gasteiger partial charge >= 0.3 is 0 Å². The summed E-state index contributed by atoms with van der Waals surface area (Å²) in [6, 6.07) is 24.3. The maximum atomic E-state index is 12.4. The molecular formula is C24H24N2O. The standard InChI is InChI=1S/C24H24N2O/c1-26-15-14-22-21(18-8-4-2-5-9-18)13-12-20(23(22)17-26)16-25-24(27)19-10-6-3-7-11-19/h2-13H,14-17H2,1H3,(H,25,27). The van der Waals surface area contributed by atoms with Crippen LogP contribution in [0.4, 0.5) is 0 Å². The van der Waals surface area contributed by atoms with Gasteiger partial charge in [-0.1, -0.05) is 60.7 Å². The summed E-state index contributed by atoms with van der Waals surface area (Å²) in [5.74, 6) is -0.0272. The van der Waals surface area contributed by atoms with Crippen molar-refractivity contribution in [2.45, 2.75) is 19.5 Å². The first-order valence-corrected chi connectivity index (χ1v) is 9.43. The fourth-order valence-electron chi connectivity index (χ4n) is 3.80. The van der Waals surface area contributed by atoms with Gasteiger partial charge in [-0.2, -0.15) is 0 Å². The number of carbonyl (C=O) groups excluding carboxylic acids is 1. The number of rotatable bonds is 4. The second kappa shape index (κ2) is 7.77. The Labute approximate surface area is 160 Å². The van der Waals surface area contributed by atoms with Crippen molar-refractivity contribution in [3.8, 4) is 11.1 Å². The van der Waals surface area contributed by atoms with Gasteiger partial charge in [-0.25, -0.2) is 0 Å². The molecule has 0 unspecified atom stereocenters. The highest BCUT2D eigenvalue weighted by Gasteiger charge is 2.20. The second-order valence-electron chi connectivity index (χ2n) is 7.13. The Bertz CT molecular complexity index is 935. The molecule has 0 aliphatic carbocycles. The van der Waals surface area contributed by atoms with Gasteiger partial charge < -0.3 is 10.2 Å². The zero-order valence-electron chi connectivity index (χ0n) is 15.6. The first-order valence-electron chi connectivity index (χ1n) is 9.43. The molecular weight excluding hydrogens is 332 g/mol. The molecule has 0 bridgehead atoms. The molecule has 4 rings (SSSR count). The van der Waals surface area contributed by atoms with E-state index < -0.39 is 0 Å². The van der Waals surface area contributed by atoms with Crippen LogP contribution in [-0.2, 0) is 19.5 Å². The quantitative estimate of drug-likeness (QED) is 0.757. The number of hydrogen-bond donors (Lipinski definition) is 1. The molecule has 3 nitrogen and oxygen atoms in total. The van der Waals surface area contributed by atoms with Crippen molar-refractivity contribution in [3.05, 3.63) is 95.1 Å². The molecule has 0 saturated carbocycles. The Balaban J connectivity index is 1.63. The molecule has 1 amide bonds. The highest BCUT2D eigenvalue weighted by Crippen LogP contribution is 2.32. The van der Waals surface area contributed by atoms with Crippen molar-refractivity contribution in [1.29, 1.82) is 0 Å². The van der Waals surface area contributed by atoms with E-state index in [0.717, 1.165) is 19.5 Å². The Hall–Kier alpha value is -2.91. The summed E-state index contributed by atoms with van der Waals surface area (Å²) in [4.78, 5) is 14.8. The van der Waals surface area contributed by atoms with Crippen molar-refractivity contribution < 1.29 is 4.79 Å². The number of benzene rings is 3. The lowest BCUT2D eigenvalue weighted by atomic mass is 9.87. The van der Waals surface area contributed by atoms with E-state index in [2.05, 4.69) is 59.7 Å². The monoisotopic (exact) mass is 356 g/mol. The average Bonchev–Trinajstić information content (AvgIpc) is 2.73. The van der Waals surface area contributed by atoms with Crippen LogP contribution in [0.5, 0.6) is 0 Å². The van der Waals surface area contributed by atoms with E-state index in [-0.39, 0.29) is 5.91 Å². The predicted molar refractivity (Wildman–Crippen MR) is 110 cm³/mol. The summed E-state index contributed by atoms with van der Waals surface area (Å²) >= 11 is 0. The third-order valence-electron chi connectivity index (χ3n) is 5.26. The molecule has 0 fully saturated rings. The lowest BCUT2D eigenvalue weighted by Crippen LogP contribution is -2.30. The highest BCUT2D eigenvalue weighted by molar-refractivity contribution is 5.94. The zero-order chi connectivity index (χ0) is 18.6. The normalized spacial score (nSPS) is 13.8. The maximum absolute atomic E-state index is 12.4. The van der Waals surface area contributed by atoms with Crippen LogP contribution in [0.2, 0.25) is 0 Å². The van der Waals surface area contributed by atoms with Gasteiger partial charge in [-0.05, 0) is 53.4 Å². The largest absolute Gasteiger partial charge is 0.348 e. The average molecular weight is 356 g/mol. The van der Waals surface area contributed by atoms with Crippen molar-refractivity contribution >= 4 is 5.91 Å². The predicted octanol–water partition coefficient (Wildman–Crippen LogP) is 4.27. The number of fused-ring (bicyclic) bond motifs is 1. The first kappa shape index (κ1) is 17.5. The fraction of sp³-hybridized carbons (Fsp3) is 0.208. The Morgan fingerprint density at radius 1 is 0.926 bits per heavy atom. The fourth-order valence-corrected chi connectivity index (χ4v) is 3.80. The molecule has 3 heteroatoms. The van der Waals surface area contributed by atoms with Crippen molar-refractivity contribution in [1.82, 2.24) is 10.2 Å². The smallest absolute Gasteiger partial charge is 0.251 e. The number of hydrogen-bond acceptors (Lipinski definition) is 2. The molecule has 1 aliphatic rings. The SMILES string of the molecule is CN1CCc2c(-c3ccccc3)ccc(CNC(=O)c3ccccc3)c2C1. The minimum atomic E-state index is -0.0272. The zero-order valence-corrected chi connectivity index (χ0v) is 15.6. The Morgan fingerprint density at radius 3 is 2.37 bits per heavy atom. The molecule has 0 aromatic heterocycles. The number of amides is 1. The van der Waals surface area contributed by atoms with Crippen LogP contribution in [0, 0.1) is 0 Å². The topological polar surface area (TPSA) is 32.3 Å². The number of carbonyl (C=O) groups is 1. The van der Waals surface area contributed by atoms with Gasteiger partial charge in [0.15, 0.2) is 0 Å². The summed E-state index contributed by atoms with van der Waals surface area (Å²) in [6.45, 7) is 2.54. The van der Waals surface area contributed by atoms with E-state index in [1.807, 2.05) is 30.3 Å². The van der Waals surface area contributed by atoms with Gasteiger partial charge in [0.1, 0.15) is 0 Å².